The Morgan fingerprint density at radius 2 is 1.36 bits per heavy atom. The van der Waals surface area contributed by atoms with Crippen LogP contribution >= 0.6 is 0 Å². The van der Waals surface area contributed by atoms with E-state index in [9.17, 15) is 28.8 Å². The van der Waals surface area contributed by atoms with Crippen molar-refractivity contribution in [2.45, 2.75) is 129 Å². The van der Waals surface area contributed by atoms with Crippen LogP contribution < -0.4 is 21.3 Å². The van der Waals surface area contributed by atoms with Crippen molar-refractivity contribution in [2.75, 3.05) is 44.7 Å². The average molecular weight is 958 g/mol. The SMILES string of the molecule is CC(C)(C)OC(=O)NCc1cccc(C(=O)NC2CCN(C(=O)OC[C@H]3OCC[C@@H](OC(=O)N4CCC(C(=O)NCc5ccc(NC(=O)OC(C)(C)C)nc5)CC4)[C@@H]3OCc3ccccc3)CC2)c1. The predicted octanol–water partition coefficient (Wildman–Crippen LogP) is 6.69. The minimum Gasteiger partial charge on any atom is -0.447 e. The van der Waals surface area contributed by atoms with Crippen LogP contribution in [-0.4, -0.2) is 126 Å². The molecule has 69 heavy (non-hydrogen) atoms. The molecule has 4 N–H and O–H groups in total. The molecule has 3 aromatic rings. The van der Waals surface area contributed by atoms with Crippen LogP contribution in [0.4, 0.5) is 25.0 Å². The Kier molecular flexibility index (Phi) is 18.2. The van der Waals surface area contributed by atoms with Crippen molar-refractivity contribution in [3.05, 3.63) is 95.2 Å². The summed E-state index contributed by atoms with van der Waals surface area (Å²) in [6.07, 6.45) is -0.477. The summed E-state index contributed by atoms with van der Waals surface area (Å²) in [5.74, 6) is -0.347. The maximum atomic E-state index is 13.6. The topological polar surface area (TPSA) is 225 Å². The molecule has 6 rings (SSSR count). The Morgan fingerprint density at radius 3 is 2.04 bits per heavy atom. The number of pyridine rings is 1. The Morgan fingerprint density at radius 1 is 0.710 bits per heavy atom. The largest absolute Gasteiger partial charge is 0.447 e. The van der Waals surface area contributed by atoms with Crippen molar-refractivity contribution >= 4 is 42.0 Å². The minimum atomic E-state index is -0.747. The fourth-order valence-electron chi connectivity index (χ4n) is 7.99. The number of nitrogens with one attached hydrogen (secondary N) is 4. The smallest absolute Gasteiger partial charge is 0.413 e. The number of piperidine rings is 2. The molecule has 3 atom stereocenters. The summed E-state index contributed by atoms with van der Waals surface area (Å²) in [5.41, 5.74) is 1.60. The van der Waals surface area contributed by atoms with E-state index < -0.39 is 53.9 Å². The van der Waals surface area contributed by atoms with Gasteiger partial charge in [0, 0.05) is 69.4 Å². The van der Waals surface area contributed by atoms with Gasteiger partial charge in [0.2, 0.25) is 5.91 Å². The number of nitrogens with zero attached hydrogens (tertiary/aromatic N) is 3. The van der Waals surface area contributed by atoms with Gasteiger partial charge in [-0.25, -0.2) is 24.2 Å². The second kappa shape index (κ2) is 24.2. The molecule has 3 fully saturated rings. The number of carbonyl (C=O) groups excluding carboxylic acids is 6. The number of alkyl carbamates (subject to hydrolysis) is 1. The first-order valence-corrected chi connectivity index (χ1v) is 23.6. The first kappa shape index (κ1) is 51.9. The van der Waals surface area contributed by atoms with Crippen LogP contribution in [-0.2, 0) is 52.9 Å². The number of benzene rings is 2. The highest BCUT2D eigenvalue weighted by molar-refractivity contribution is 5.94. The third-order valence-corrected chi connectivity index (χ3v) is 11.5. The van der Waals surface area contributed by atoms with Gasteiger partial charge in [-0.1, -0.05) is 48.5 Å². The molecule has 3 saturated heterocycles. The van der Waals surface area contributed by atoms with Gasteiger partial charge in [-0.3, -0.25) is 14.9 Å². The summed E-state index contributed by atoms with van der Waals surface area (Å²) in [4.78, 5) is 84.9. The van der Waals surface area contributed by atoms with E-state index in [-0.39, 0.29) is 56.7 Å². The van der Waals surface area contributed by atoms with E-state index in [2.05, 4.69) is 26.3 Å². The van der Waals surface area contributed by atoms with Gasteiger partial charge in [-0.15, -0.1) is 0 Å². The highest BCUT2D eigenvalue weighted by atomic mass is 16.6. The predicted molar refractivity (Wildman–Crippen MR) is 253 cm³/mol. The monoisotopic (exact) mass is 957 g/mol. The lowest BCUT2D eigenvalue weighted by molar-refractivity contribution is -0.178. The fraction of sp³-hybridized carbons (Fsp3) is 0.540. The van der Waals surface area contributed by atoms with Crippen molar-refractivity contribution in [3.63, 3.8) is 0 Å². The maximum Gasteiger partial charge on any atom is 0.413 e. The molecule has 0 aliphatic carbocycles. The molecule has 0 radical (unpaired) electrons. The van der Waals surface area contributed by atoms with Gasteiger partial charge in [-0.05, 0) is 102 Å². The van der Waals surface area contributed by atoms with Crippen LogP contribution in [0.5, 0.6) is 0 Å². The van der Waals surface area contributed by atoms with Crippen molar-refractivity contribution in [3.8, 4) is 0 Å². The van der Waals surface area contributed by atoms with Crippen LogP contribution in [0, 0.1) is 5.92 Å². The zero-order valence-corrected chi connectivity index (χ0v) is 40.5. The number of likely N-dealkylation sites (tertiary alicyclic amines) is 2. The molecular formula is C50H67N7O12. The quantitative estimate of drug-likeness (QED) is 0.124. The Hall–Kier alpha value is -6.47. The lowest BCUT2D eigenvalue weighted by Crippen LogP contribution is -2.53. The molecule has 0 bridgehead atoms. The summed E-state index contributed by atoms with van der Waals surface area (Å²) in [7, 11) is 0. The molecule has 1 aromatic heterocycles. The number of aromatic nitrogens is 1. The zero-order valence-electron chi connectivity index (χ0n) is 40.5. The first-order valence-electron chi connectivity index (χ1n) is 23.6. The highest BCUT2D eigenvalue weighted by Crippen LogP contribution is 2.26. The third kappa shape index (κ3) is 16.9. The van der Waals surface area contributed by atoms with E-state index in [1.54, 1.807) is 87.9 Å². The number of anilines is 1. The van der Waals surface area contributed by atoms with Crippen molar-refractivity contribution < 1.29 is 57.2 Å². The molecule has 374 valence electrons. The lowest BCUT2D eigenvalue weighted by Gasteiger charge is -2.39. The molecule has 6 amide bonds. The van der Waals surface area contributed by atoms with Crippen LogP contribution in [0.25, 0.3) is 0 Å². The molecule has 3 aliphatic heterocycles. The molecule has 0 unspecified atom stereocenters. The Labute approximate surface area is 403 Å². The van der Waals surface area contributed by atoms with E-state index in [0.29, 0.717) is 69.7 Å². The highest BCUT2D eigenvalue weighted by Gasteiger charge is 2.40. The van der Waals surface area contributed by atoms with Crippen LogP contribution in [0.2, 0.25) is 0 Å². The van der Waals surface area contributed by atoms with E-state index in [0.717, 1.165) is 16.7 Å². The van der Waals surface area contributed by atoms with Crippen molar-refractivity contribution in [1.29, 1.82) is 0 Å². The molecule has 4 heterocycles. The summed E-state index contributed by atoms with van der Waals surface area (Å²) in [6, 6.07) is 19.8. The molecule has 19 nitrogen and oxygen atoms in total. The maximum absolute atomic E-state index is 13.6. The molecule has 0 spiro atoms. The number of carbonyl (C=O) groups is 6. The van der Waals surface area contributed by atoms with Gasteiger partial charge in [0.1, 0.15) is 41.9 Å². The van der Waals surface area contributed by atoms with Crippen molar-refractivity contribution in [1.82, 2.24) is 30.7 Å². The van der Waals surface area contributed by atoms with Crippen molar-refractivity contribution in [2.24, 2.45) is 5.92 Å². The number of hydrogen-bond donors (Lipinski definition) is 4. The summed E-state index contributed by atoms with van der Waals surface area (Å²) in [6.45, 7) is 12.8. The molecule has 19 heteroatoms. The van der Waals surface area contributed by atoms with E-state index in [4.69, 9.17) is 28.4 Å². The molecule has 2 aromatic carbocycles. The Bertz CT molecular complexity index is 2200. The second-order valence-corrected chi connectivity index (χ2v) is 19.4. The lowest BCUT2D eigenvalue weighted by atomic mass is 9.96. The van der Waals surface area contributed by atoms with Gasteiger partial charge in [0.25, 0.3) is 5.91 Å². The van der Waals surface area contributed by atoms with Gasteiger partial charge in [-0.2, -0.15) is 0 Å². The molecule has 0 saturated carbocycles. The zero-order chi connectivity index (χ0) is 49.6. The van der Waals surface area contributed by atoms with Gasteiger partial charge in [0.15, 0.2) is 0 Å². The molecular weight excluding hydrogens is 891 g/mol. The normalized spacial score (nSPS) is 19.1. The summed E-state index contributed by atoms with van der Waals surface area (Å²) in [5, 5.41) is 11.3. The van der Waals surface area contributed by atoms with E-state index in [1.807, 2.05) is 36.4 Å². The number of rotatable bonds is 14. The number of hydrogen-bond acceptors (Lipinski definition) is 13. The van der Waals surface area contributed by atoms with Gasteiger partial charge < -0.3 is 54.2 Å². The Balaban J connectivity index is 0.943. The summed E-state index contributed by atoms with van der Waals surface area (Å²) >= 11 is 0. The third-order valence-electron chi connectivity index (χ3n) is 11.5. The standard InChI is InChI=1S/C50H67N7O12/c1-49(2,3)68-45(60)53-28-34-13-10-14-37(27-34)44(59)54-38-19-24-56(25-20-38)47(62)66-32-40-42(65-31-33-11-8-7-9-12-33)39(21-26-64-40)67-48(63)57-22-17-36(18-23-57)43(58)52-30-35-15-16-41(51-29-35)55-46(61)69-50(4,5)6/h7-16,27,29,36,38-40,42H,17-26,28,30-32H2,1-6H3,(H,52,58)(H,53,60)(H,54,59)(H,51,55,61)/t39-,40-,42+/m1/s1. The van der Waals surface area contributed by atoms with Crippen LogP contribution in [0.3, 0.4) is 0 Å². The van der Waals surface area contributed by atoms with E-state index in [1.165, 1.54) is 0 Å². The minimum absolute atomic E-state index is 0.128. The van der Waals surface area contributed by atoms with E-state index >= 15 is 0 Å². The summed E-state index contributed by atoms with van der Waals surface area (Å²) < 4.78 is 34.9. The van der Waals surface area contributed by atoms with Crippen LogP contribution in [0.15, 0.2) is 72.9 Å². The van der Waals surface area contributed by atoms with Crippen LogP contribution in [0.1, 0.15) is 101 Å². The van der Waals surface area contributed by atoms with Gasteiger partial charge in [0.05, 0.1) is 13.2 Å². The number of ether oxygens (including phenoxy) is 6. The second-order valence-electron chi connectivity index (χ2n) is 19.4. The van der Waals surface area contributed by atoms with Gasteiger partial charge >= 0.3 is 24.4 Å². The average Bonchev–Trinajstić information content (AvgIpc) is 3.31. The fourth-order valence-corrected chi connectivity index (χ4v) is 7.99. The molecule has 3 aliphatic rings. The number of amides is 6. The first-order chi connectivity index (χ1) is 32.9.